The van der Waals surface area contributed by atoms with E-state index in [2.05, 4.69) is 71.6 Å². The SMILES string of the molecule is C(/CN1CCCC1)=C(/[Se]c1ccccc1)c1ccccc1. The molecule has 21 heavy (non-hydrogen) atoms. The summed E-state index contributed by atoms with van der Waals surface area (Å²) in [4.78, 5) is 2.56. The summed E-state index contributed by atoms with van der Waals surface area (Å²) >= 11 is 0.377. The van der Waals surface area contributed by atoms with E-state index >= 15 is 0 Å². The van der Waals surface area contributed by atoms with Gasteiger partial charge in [0.15, 0.2) is 0 Å². The van der Waals surface area contributed by atoms with E-state index in [4.69, 9.17) is 0 Å². The standard InChI is InChI=1S/C19H21NSe/c1-3-9-17(10-4-1)19(13-16-20-14-7-8-15-20)21-18-11-5-2-6-12-18/h1-6,9-13H,7-8,14-16H2/b19-13-. The van der Waals surface area contributed by atoms with Crippen LogP contribution in [0, 0.1) is 0 Å². The third-order valence-corrected chi connectivity index (χ3v) is 6.13. The normalized spacial score (nSPS) is 16.3. The molecule has 0 unspecified atom stereocenters. The molecule has 108 valence electrons. The molecule has 3 rings (SSSR count). The number of hydrogen-bond acceptors (Lipinski definition) is 1. The van der Waals surface area contributed by atoms with E-state index in [1.54, 1.807) is 0 Å². The van der Waals surface area contributed by atoms with Crippen molar-refractivity contribution >= 4 is 23.9 Å². The van der Waals surface area contributed by atoms with Crippen LogP contribution in [0.4, 0.5) is 0 Å². The Hall–Kier alpha value is -1.34. The molecule has 1 aliphatic rings. The van der Waals surface area contributed by atoms with Gasteiger partial charge in [-0.05, 0) is 0 Å². The molecule has 0 amide bonds. The van der Waals surface area contributed by atoms with Crippen molar-refractivity contribution in [2.45, 2.75) is 12.8 Å². The summed E-state index contributed by atoms with van der Waals surface area (Å²) in [6.07, 6.45) is 5.17. The summed E-state index contributed by atoms with van der Waals surface area (Å²) < 4.78 is 2.95. The van der Waals surface area contributed by atoms with E-state index < -0.39 is 0 Å². The molecule has 1 nitrogen and oxygen atoms in total. The zero-order valence-electron chi connectivity index (χ0n) is 12.2. The zero-order chi connectivity index (χ0) is 14.3. The third-order valence-electron chi connectivity index (χ3n) is 3.76. The van der Waals surface area contributed by atoms with Crippen LogP contribution in [0.5, 0.6) is 0 Å². The quantitative estimate of drug-likeness (QED) is 0.755. The molecule has 0 aromatic heterocycles. The Kier molecular flexibility index (Phi) is 5.28. The van der Waals surface area contributed by atoms with Crippen molar-refractivity contribution in [1.82, 2.24) is 4.90 Å². The molecular formula is C19H21NSe. The van der Waals surface area contributed by atoms with Crippen molar-refractivity contribution < 1.29 is 0 Å². The van der Waals surface area contributed by atoms with Gasteiger partial charge in [-0.3, -0.25) is 0 Å². The Bertz CT molecular complexity index is 571. The molecule has 1 saturated heterocycles. The molecule has 0 N–H and O–H groups in total. The van der Waals surface area contributed by atoms with Gasteiger partial charge in [-0.15, -0.1) is 0 Å². The molecule has 2 heteroatoms. The summed E-state index contributed by atoms with van der Waals surface area (Å²) in [5.74, 6) is 0. The van der Waals surface area contributed by atoms with Gasteiger partial charge in [0.2, 0.25) is 0 Å². The molecule has 1 heterocycles. The minimum atomic E-state index is 0.377. The number of rotatable bonds is 5. The summed E-state index contributed by atoms with van der Waals surface area (Å²) in [7, 11) is 0. The van der Waals surface area contributed by atoms with Crippen molar-refractivity contribution in [3.05, 3.63) is 72.3 Å². The van der Waals surface area contributed by atoms with Gasteiger partial charge in [0.25, 0.3) is 0 Å². The van der Waals surface area contributed by atoms with Crippen LogP contribution >= 0.6 is 0 Å². The van der Waals surface area contributed by atoms with Crippen molar-refractivity contribution in [2.75, 3.05) is 19.6 Å². The maximum atomic E-state index is 2.56. The Labute approximate surface area is 133 Å². The first-order valence-corrected chi connectivity index (χ1v) is 9.34. The second kappa shape index (κ2) is 7.61. The fourth-order valence-electron chi connectivity index (χ4n) is 2.61. The number of benzene rings is 2. The third kappa shape index (κ3) is 4.31. The van der Waals surface area contributed by atoms with E-state index in [1.807, 2.05) is 0 Å². The Morgan fingerprint density at radius 3 is 2.19 bits per heavy atom. The van der Waals surface area contributed by atoms with Crippen molar-refractivity contribution in [3.8, 4) is 0 Å². The summed E-state index contributed by atoms with van der Waals surface area (Å²) in [5, 5.41) is 0. The molecule has 1 fully saturated rings. The van der Waals surface area contributed by atoms with Gasteiger partial charge in [0, 0.05) is 0 Å². The van der Waals surface area contributed by atoms with E-state index in [0.717, 1.165) is 6.54 Å². The molecule has 2 aromatic rings. The second-order valence-corrected chi connectivity index (χ2v) is 7.70. The van der Waals surface area contributed by atoms with Crippen LogP contribution in [-0.2, 0) is 0 Å². The molecule has 0 radical (unpaired) electrons. The molecule has 0 aliphatic carbocycles. The minimum absolute atomic E-state index is 0.377. The summed E-state index contributed by atoms with van der Waals surface area (Å²) in [6.45, 7) is 3.62. The van der Waals surface area contributed by atoms with Gasteiger partial charge in [-0.1, -0.05) is 0 Å². The van der Waals surface area contributed by atoms with Gasteiger partial charge in [0.05, 0.1) is 0 Å². The fourth-order valence-corrected chi connectivity index (χ4v) is 4.63. The number of nitrogens with zero attached hydrogens (tertiary/aromatic N) is 1. The molecule has 2 aromatic carbocycles. The molecule has 0 spiro atoms. The van der Waals surface area contributed by atoms with E-state index in [-0.39, 0.29) is 0 Å². The van der Waals surface area contributed by atoms with Crippen LogP contribution in [-0.4, -0.2) is 39.5 Å². The Morgan fingerprint density at radius 1 is 0.905 bits per heavy atom. The molecular weight excluding hydrogens is 321 g/mol. The van der Waals surface area contributed by atoms with Crippen LogP contribution in [0.3, 0.4) is 0 Å². The van der Waals surface area contributed by atoms with Crippen LogP contribution < -0.4 is 4.46 Å². The maximum absolute atomic E-state index is 2.56. The second-order valence-electron chi connectivity index (χ2n) is 5.36. The summed E-state index contributed by atoms with van der Waals surface area (Å²) in [5.41, 5.74) is 1.38. The van der Waals surface area contributed by atoms with Crippen molar-refractivity contribution in [1.29, 1.82) is 0 Å². The van der Waals surface area contributed by atoms with Gasteiger partial charge >= 0.3 is 134 Å². The van der Waals surface area contributed by atoms with E-state index in [1.165, 1.54) is 40.4 Å². The topological polar surface area (TPSA) is 3.24 Å². The molecule has 0 saturated carbocycles. The zero-order valence-corrected chi connectivity index (χ0v) is 14.0. The van der Waals surface area contributed by atoms with Crippen LogP contribution in [0.1, 0.15) is 18.4 Å². The van der Waals surface area contributed by atoms with Crippen LogP contribution in [0.15, 0.2) is 66.7 Å². The first-order chi connectivity index (χ1) is 10.4. The molecule has 0 bridgehead atoms. The van der Waals surface area contributed by atoms with E-state index in [0.29, 0.717) is 15.0 Å². The number of hydrogen-bond donors (Lipinski definition) is 0. The predicted molar refractivity (Wildman–Crippen MR) is 91.9 cm³/mol. The van der Waals surface area contributed by atoms with Crippen molar-refractivity contribution in [3.63, 3.8) is 0 Å². The molecule has 0 atom stereocenters. The average Bonchev–Trinajstić information content (AvgIpc) is 3.07. The summed E-state index contributed by atoms with van der Waals surface area (Å²) in [6, 6.07) is 21.7. The predicted octanol–water partition coefficient (Wildman–Crippen LogP) is 3.15. The first kappa shape index (κ1) is 14.6. The average molecular weight is 342 g/mol. The monoisotopic (exact) mass is 343 g/mol. The van der Waals surface area contributed by atoms with Gasteiger partial charge in [0.1, 0.15) is 0 Å². The van der Waals surface area contributed by atoms with Gasteiger partial charge < -0.3 is 0 Å². The Balaban J connectivity index is 1.78. The fraction of sp³-hybridized carbons (Fsp3) is 0.263. The number of likely N-dealkylation sites (tertiary alicyclic amines) is 1. The van der Waals surface area contributed by atoms with Crippen LogP contribution in [0.25, 0.3) is 4.47 Å². The Morgan fingerprint density at radius 2 is 1.52 bits per heavy atom. The van der Waals surface area contributed by atoms with Gasteiger partial charge in [-0.2, -0.15) is 0 Å². The first-order valence-electron chi connectivity index (χ1n) is 7.63. The van der Waals surface area contributed by atoms with Crippen LogP contribution in [0.2, 0.25) is 0 Å². The van der Waals surface area contributed by atoms with Crippen molar-refractivity contribution in [2.24, 2.45) is 0 Å². The molecule has 1 aliphatic heterocycles. The van der Waals surface area contributed by atoms with Gasteiger partial charge in [-0.25, -0.2) is 0 Å². The van der Waals surface area contributed by atoms with E-state index in [9.17, 15) is 0 Å².